The quantitative estimate of drug-likeness (QED) is 0.545. The molecule has 1 fully saturated rings. The first kappa shape index (κ1) is 24.7. The number of nitrogens with zero attached hydrogens (tertiary/aromatic N) is 1. The second-order valence-corrected chi connectivity index (χ2v) is 9.91. The topological polar surface area (TPSA) is 105 Å². The van der Waals surface area contributed by atoms with Crippen molar-refractivity contribution in [1.29, 1.82) is 0 Å². The van der Waals surface area contributed by atoms with Crippen LogP contribution >= 0.6 is 0 Å². The third kappa shape index (κ3) is 6.11. The first-order valence-corrected chi connectivity index (χ1v) is 12.5. The largest absolute Gasteiger partial charge is 0.385 e. The Bertz CT molecular complexity index is 1100. The van der Waals surface area contributed by atoms with Crippen molar-refractivity contribution in [2.24, 2.45) is 0 Å². The standard InChI is InChI=1S/C24H31N3O5S/c1-17-7-12-21(16-18(17)2)33(30,31)26-20-10-8-19(9-11-20)24(29)27-14-4-6-22(27)23(28)25-13-5-15-32-3/h7-12,16,22,26H,4-6,13-15H2,1-3H3,(H,25,28). The molecule has 1 unspecified atom stereocenters. The van der Waals surface area contributed by atoms with E-state index in [1.54, 1.807) is 54.5 Å². The number of sulfonamides is 1. The molecule has 2 amide bonds. The fourth-order valence-corrected chi connectivity index (χ4v) is 4.91. The van der Waals surface area contributed by atoms with E-state index in [4.69, 9.17) is 4.74 Å². The van der Waals surface area contributed by atoms with Crippen LogP contribution in [0.1, 0.15) is 40.7 Å². The van der Waals surface area contributed by atoms with Gasteiger partial charge in [-0.05, 0) is 80.6 Å². The summed E-state index contributed by atoms with van der Waals surface area (Å²) in [5.74, 6) is -0.400. The van der Waals surface area contributed by atoms with Crippen LogP contribution in [0.3, 0.4) is 0 Å². The molecule has 8 nitrogen and oxygen atoms in total. The molecule has 1 aliphatic rings. The summed E-state index contributed by atoms with van der Waals surface area (Å²) >= 11 is 0. The van der Waals surface area contributed by atoms with Crippen molar-refractivity contribution in [3.63, 3.8) is 0 Å². The van der Waals surface area contributed by atoms with Crippen LogP contribution in [0, 0.1) is 13.8 Å². The molecule has 1 saturated heterocycles. The Balaban J connectivity index is 1.65. The van der Waals surface area contributed by atoms with Crippen LogP contribution in [0.2, 0.25) is 0 Å². The molecule has 33 heavy (non-hydrogen) atoms. The van der Waals surface area contributed by atoms with Crippen LogP contribution in [-0.4, -0.2) is 58.0 Å². The number of amides is 2. The van der Waals surface area contributed by atoms with Crippen molar-refractivity contribution < 1.29 is 22.7 Å². The number of likely N-dealkylation sites (tertiary alicyclic amines) is 1. The van der Waals surface area contributed by atoms with Gasteiger partial charge in [0.25, 0.3) is 15.9 Å². The van der Waals surface area contributed by atoms with E-state index in [-0.39, 0.29) is 16.7 Å². The zero-order valence-electron chi connectivity index (χ0n) is 19.3. The molecule has 1 aliphatic heterocycles. The monoisotopic (exact) mass is 473 g/mol. The Labute approximate surface area is 195 Å². The Morgan fingerprint density at radius 3 is 2.48 bits per heavy atom. The lowest BCUT2D eigenvalue weighted by molar-refractivity contribution is -0.124. The molecule has 2 aromatic rings. The number of hydrogen-bond donors (Lipinski definition) is 2. The summed E-state index contributed by atoms with van der Waals surface area (Å²) in [5, 5.41) is 2.86. The highest BCUT2D eigenvalue weighted by Gasteiger charge is 2.34. The van der Waals surface area contributed by atoms with Crippen LogP contribution in [0.15, 0.2) is 47.4 Å². The van der Waals surface area contributed by atoms with E-state index >= 15 is 0 Å². The van der Waals surface area contributed by atoms with Gasteiger partial charge in [0.15, 0.2) is 0 Å². The highest BCUT2D eigenvalue weighted by Crippen LogP contribution is 2.23. The Morgan fingerprint density at radius 2 is 1.82 bits per heavy atom. The van der Waals surface area contributed by atoms with Gasteiger partial charge in [-0.3, -0.25) is 14.3 Å². The van der Waals surface area contributed by atoms with Crippen molar-refractivity contribution in [2.75, 3.05) is 31.5 Å². The van der Waals surface area contributed by atoms with Gasteiger partial charge in [-0.2, -0.15) is 0 Å². The minimum Gasteiger partial charge on any atom is -0.385 e. The lowest BCUT2D eigenvalue weighted by atomic mass is 10.1. The summed E-state index contributed by atoms with van der Waals surface area (Å²) < 4.78 is 32.9. The first-order chi connectivity index (χ1) is 15.7. The van der Waals surface area contributed by atoms with Crippen molar-refractivity contribution in [1.82, 2.24) is 10.2 Å². The fraction of sp³-hybridized carbons (Fsp3) is 0.417. The molecule has 0 saturated carbocycles. The lowest BCUT2D eigenvalue weighted by Gasteiger charge is -2.24. The van der Waals surface area contributed by atoms with Gasteiger partial charge in [0.2, 0.25) is 5.91 Å². The molecule has 0 aliphatic carbocycles. The van der Waals surface area contributed by atoms with Gasteiger partial charge in [-0.1, -0.05) is 6.07 Å². The molecular formula is C24H31N3O5S. The number of aryl methyl sites for hydroxylation is 2. The van der Waals surface area contributed by atoms with Crippen LogP contribution in [-0.2, 0) is 19.6 Å². The maximum absolute atomic E-state index is 13.0. The number of benzene rings is 2. The van der Waals surface area contributed by atoms with E-state index in [1.165, 1.54) is 0 Å². The predicted molar refractivity (Wildman–Crippen MR) is 127 cm³/mol. The van der Waals surface area contributed by atoms with E-state index in [0.29, 0.717) is 43.8 Å². The second kappa shape index (κ2) is 10.8. The molecule has 1 heterocycles. The number of ether oxygens (including phenoxy) is 1. The molecule has 1 atom stereocenters. The summed E-state index contributed by atoms with van der Waals surface area (Å²) in [6.07, 6.45) is 2.09. The fourth-order valence-electron chi connectivity index (χ4n) is 3.77. The van der Waals surface area contributed by atoms with E-state index in [2.05, 4.69) is 10.0 Å². The molecule has 0 bridgehead atoms. The smallest absolute Gasteiger partial charge is 0.261 e. The van der Waals surface area contributed by atoms with Crippen LogP contribution in [0.25, 0.3) is 0 Å². The van der Waals surface area contributed by atoms with Gasteiger partial charge in [0.1, 0.15) is 6.04 Å². The second-order valence-electron chi connectivity index (χ2n) is 8.22. The number of hydrogen-bond acceptors (Lipinski definition) is 5. The van der Waals surface area contributed by atoms with E-state index in [0.717, 1.165) is 17.5 Å². The molecule has 0 aromatic heterocycles. The van der Waals surface area contributed by atoms with Crippen LogP contribution in [0.5, 0.6) is 0 Å². The molecule has 2 N–H and O–H groups in total. The Kier molecular flexibility index (Phi) is 8.10. The minimum atomic E-state index is -3.74. The summed E-state index contributed by atoms with van der Waals surface area (Å²) in [6.45, 7) is 5.36. The van der Waals surface area contributed by atoms with Crippen molar-refractivity contribution >= 4 is 27.5 Å². The lowest BCUT2D eigenvalue weighted by Crippen LogP contribution is -2.46. The first-order valence-electron chi connectivity index (χ1n) is 11.0. The maximum atomic E-state index is 13.0. The zero-order chi connectivity index (χ0) is 24.0. The third-order valence-corrected chi connectivity index (χ3v) is 7.19. The number of anilines is 1. The molecule has 2 aromatic carbocycles. The molecule has 0 spiro atoms. The van der Waals surface area contributed by atoms with Gasteiger partial charge >= 0.3 is 0 Å². The summed E-state index contributed by atoms with van der Waals surface area (Å²) in [7, 11) is -2.13. The number of nitrogens with one attached hydrogen (secondary N) is 2. The van der Waals surface area contributed by atoms with Crippen molar-refractivity contribution in [3.05, 3.63) is 59.2 Å². The van der Waals surface area contributed by atoms with Gasteiger partial charge in [0.05, 0.1) is 4.90 Å². The number of rotatable bonds is 9. The van der Waals surface area contributed by atoms with E-state index in [9.17, 15) is 18.0 Å². The normalized spacial score (nSPS) is 16.0. The molecule has 9 heteroatoms. The van der Waals surface area contributed by atoms with E-state index < -0.39 is 16.1 Å². The van der Waals surface area contributed by atoms with Gasteiger partial charge < -0.3 is 15.0 Å². The molecular weight excluding hydrogens is 442 g/mol. The van der Waals surface area contributed by atoms with Crippen LogP contribution < -0.4 is 10.0 Å². The minimum absolute atomic E-state index is 0.158. The Hall–Kier alpha value is -2.91. The van der Waals surface area contributed by atoms with Gasteiger partial charge in [-0.15, -0.1) is 0 Å². The van der Waals surface area contributed by atoms with E-state index in [1.807, 2.05) is 13.8 Å². The number of methoxy groups -OCH3 is 1. The molecule has 178 valence electrons. The zero-order valence-corrected chi connectivity index (χ0v) is 20.1. The van der Waals surface area contributed by atoms with Gasteiger partial charge in [0, 0.05) is 38.1 Å². The van der Waals surface area contributed by atoms with Crippen molar-refractivity contribution in [3.8, 4) is 0 Å². The predicted octanol–water partition coefficient (Wildman–Crippen LogP) is 2.86. The molecule has 3 rings (SSSR count). The molecule has 0 radical (unpaired) electrons. The average molecular weight is 474 g/mol. The number of carbonyl (C=O) groups is 2. The summed E-state index contributed by atoms with van der Waals surface area (Å²) in [4.78, 5) is 27.3. The summed E-state index contributed by atoms with van der Waals surface area (Å²) in [5.41, 5.74) is 2.67. The highest BCUT2D eigenvalue weighted by molar-refractivity contribution is 7.92. The Morgan fingerprint density at radius 1 is 1.09 bits per heavy atom. The van der Waals surface area contributed by atoms with Crippen molar-refractivity contribution in [2.45, 2.75) is 44.0 Å². The van der Waals surface area contributed by atoms with Crippen LogP contribution in [0.4, 0.5) is 5.69 Å². The highest BCUT2D eigenvalue weighted by atomic mass is 32.2. The maximum Gasteiger partial charge on any atom is 0.261 e. The average Bonchev–Trinajstić information content (AvgIpc) is 3.28. The summed E-state index contributed by atoms with van der Waals surface area (Å²) in [6, 6.07) is 10.7. The SMILES string of the molecule is COCCCNC(=O)C1CCCN1C(=O)c1ccc(NS(=O)(=O)c2ccc(C)c(C)c2)cc1. The third-order valence-electron chi connectivity index (χ3n) is 5.81. The van der Waals surface area contributed by atoms with Gasteiger partial charge in [-0.25, -0.2) is 8.42 Å². The number of carbonyl (C=O) groups excluding carboxylic acids is 2.